The van der Waals surface area contributed by atoms with Crippen LogP contribution in [-0.2, 0) is 9.53 Å². The monoisotopic (exact) mass is 226 g/mol. The fraction of sp³-hybridized carbons (Fsp3) is 0.900. The Morgan fingerprint density at radius 1 is 1.13 bits per heavy atom. The molecule has 0 aromatic carbocycles. The third-order valence-corrected chi connectivity index (χ3v) is 1.51. The summed E-state index contributed by atoms with van der Waals surface area (Å²) >= 11 is 0. The van der Waals surface area contributed by atoms with E-state index in [1.165, 1.54) is 0 Å². The fourth-order valence-corrected chi connectivity index (χ4v) is 0.987. The number of esters is 1. The third kappa shape index (κ3) is 11.2. The maximum atomic E-state index is 11.7. The Bertz CT molecular complexity index is 204. The van der Waals surface area contributed by atoms with Crippen LogP contribution in [0.2, 0.25) is 0 Å². The zero-order valence-electron chi connectivity index (χ0n) is 9.28. The number of unbranched alkanes of at least 4 members (excludes halogenated alkanes) is 1. The first-order chi connectivity index (χ1) is 6.60. The van der Waals surface area contributed by atoms with Crippen molar-refractivity contribution in [3.8, 4) is 0 Å². The highest BCUT2D eigenvalue weighted by Crippen LogP contribution is 2.22. The summed E-state index contributed by atoms with van der Waals surface area (Å²) in [6.07, 6.45) is -4.73. The predicted molar refractivity (Wildman–Crippen MR) is 50.4 cm³/mol. The van der Waals surface area contributed by atoms with Gasteiger partial charge in [0.2, 0.25) is 0 Å². The van der Waals surface area contributed by atoms with Gasteiger partial charge in [-0.05, 0) is 33.6 Å². The van der Waals surface area contributed by atoms with Crippen LogP contribution in [0, 0.1) is 0 Å². The van der Waals surface area contributed by atoms with Crippen molar-refractivity contribution in [2.75, 3.05) is 0 Å². The van der Waals surface area contributed by atoms with Crippen molar-refractivity contribution in [2.24, 2.45) is 0 Å². The molecule has 0 saturated heterocycles. The minimum absolute atomic E-state index is 0.0251. The average molecular weight is 226 g/mol. The molecular formula is C10H17F3O2. The molecule has 0 atom stereocenters. The molecule has 0 aliphatic heterocycles. The van der Waals surface area contributed by atoms with E-state index in [9.17, 15) is 18.0 Å². The Balaban J connectivity index is 3.57. The minimum atomic E-state index is -4.13. The van der Waals surface area contributed by atoms with Crippen LogP contribution in [0.3, 0.4) is 0 Å². The summed E-state index contributed by atoms with van der Waals surface area (Å²) in [6.45, 7) is 5.17. The number of carbonyl (C=O) groups is 1. The van der Waals surface area contributed by atoms with Gasteiger partial charge in [0.1, 0.15) is 5.60 Å². The lowest BCUT2D eigenvalue weighted by atomic mass is 10.1. The first-order valence-corrected chi connectivity index (χ1v) is 4.89. The van der Waals surface area contributed by atoms with Crippen LogP contribution < -0.4 is 0 Å². The Morgan fingerprint density at radius 3 is 2.07 bits per heavy atom. The third-order valence-electron chi connectivity index (χ3n) is 1.51. The van der Waals surface area contributed by atoms with E-state index < -0.39 is 24.2 Å². The zero-order valence-corrected chi connectivity index (χ0v) is 9.28. The van der Waals surface area contributed by atoms with Gasteiger partial charge < -0.3 is 4.74 Å². The Labute approximate surface area is 87.8 Å². The van der Waals surface area contributed by atoms with E-state index in [0.717, 1.165) is 0 Å². The van der Waals surface area contributed by atoms with Gasteiger partial charge in [-0.3, -0.25) is 4.79 Å². The molecule has 0 rings (SSSR count). The van der Waals surface area contributed by atoms with Gasteiger partial charge in [-0.2, -0.15) is 13.2 Å². The van der Waals surface area contributed by atoms with E-state index in [-0.39, 0.29) is 19.3 Å². The molecule has 0 aliphatic carbocycles. The van der Waals surface area contributed by atoms with Crippen LogP contribution >= 0.6 is 0 Å². The Hall–Kier alpha value is -0.740. The summed E-state index contributed by atoms with van der Waals surface area (Å²) in [5.41, 5.74) is -0.568. The van der Waals surface area contributed by atoms with E-state index >= 15 is 0 Å². The topological polar surface area (TPSA) is 26.3 Å². The molecule has 0 aliphatic rings. The van der Waals surface area contributed by atoms with E-state index in [1.54, 1.807) is 20.8 Å². The van der Waals surface area contributed by atoms with Crippen molar-refractivity contribution in [2.45, 2.75) is 58.2 Å². The van der Waals surface area contributed by atoms with Gasteiger partial charge in [0.25, 0.3) is 0 Å². The van der Waals surface area contributed by atoms with Crippen molar-refractivity contribution in [1.82, 2.24) is 0 Å². The largest absolute Gasteiger partial charge is 0.460 e. The first-order valence-electron chi connectivity index (χ1n) is 4.89. The van der Waals surface area contributed by atoms with Crippen molar-refractivity contribution in [1.29, 1.82) is 0 Å². The highest BCUT2D eigenvalue weighted by atomic mass is 19.4. The van der Waals surface area contributed by atoms with Gasteiger partial charge in [-0.15, -0.1) is 0 Å². The van der Waals surface area contributed by atoms with Crippen molar-refractivity contribution < 1.29 is 22.7 Å². The number of hydrogen-bond acceptors (Lipinski definition) is 2. The molecular weight excluding hydrogens is 209 g/mol. The number of halogens is 3. The van der Waals surface area contributed by atoms with E-state index in [2.05, 4.69) is 0 Å². The normalized spacial score (nSPS) is 12.7. The zero-order chi connectivity index (χ0) is 12.1. The van der Waals surface area contributed by atoms with Crippen molar-refractivity contribution >= 4 is 5.97 Å². The lowest BCUT2D eigenvalue weighted by Gasteiger charge is -2.19. The summed E-state index contributed by atoms with van der Waals surface area (Å²) in [4.78, 5) is 11.1. The second kappa shape index (κ2) is 5.37. The smallest absolute Gasteiger partial charge is 0.389 e. The number of rotatable bonds is 4. The summed E-state index contributed by atoms with van der Waals surface area (Å²) in [5, 5.41) is 0. The molecule has 0 radical (unpaired) electrons. The minimum Gasteiger partial charge on any atom is -0.460 e. The highest BCUT2D eigenvalue weighted by Gasteiger charge is 2.26. The number of alkyl halides is 3. The summed E-state index contributed by atoms with van der Waals surface area (Å²) < 4.78 is 40.2. The Kier molecular flexibility index (Phi) is 5.11. The van der Waals surface area contributed by atoms with Crippen LogP contribution in [0.5, 0.6) is 0 Å². The predicted octanol–water partition coefficient (Wildman–Crippen LogP) is 3.45. The van der Waals surface area contributed by atoms with Crippen molar-refractivity contribution in [3.63, 3.8) is 0 Å². The molecule has 15 heavy (non-hydrogen) atoms. The van der Waals surface area contributed by atoms with Crippen molar-refractivity contribution in [3.05, 3.63) is 0 Å². The fourth-order valence-electron chi connectivity index (χ4n) is 0.987. The molecule has 0 unspecified atom stereocenters. The lowest BCUT2D eigenvalue weighted by molar-refractivity contribution is -0.156. The molecule has 0 heterocycles. The van der Waals surface area contributed by atoms with E-state index in [0.29, 0.717) is 0 Å². The molecule has 0 aromatic rings. The molecule has 0 bridgehead atoms. The van der Waals surface area contributed by atoms with Crippen LogP contribution in [0.25, 0.3) is 0 Å². The SMILES string of the molecule is CC(C)(C)OC(=O)CCCCC(F)(F)F. The summed E-state index contributed by atoms with van der Waals surface area (Å²) in [5.74, 6) is -0.440. The number of ether oxygens (including phenoxy) is 1. The lowest BCUT2D eigenvalue weighted by Crippen LogP contribution is -2.23. The molecule has 0 aromatic heterocycles. The second-order valence-electron chi connectivity index (χ2n) is 4.41. The maximum Gasteiger partial charge on any atom is 0.389 e. The average Bonchev–Trinajstić information content (AvgIpc) is 1.92. The highest BCUT2D eigenvalue weighted by molar-refractivity contribution is 5.69. The van der Waals surface area contributed by atoms with Gasteiger partial charge in [0, 0.05) is 12.8 Å². The number of hydrogen-bond donors (Lipinski definition) is 0. The second-order valence-corrected chi connectivity index (χ2v) is 4.41. The quantitative estimate of drug-likeness (QED) is 0.542. The molecule has 0 N–H and O–H groups in total. The molecule has 0 saturated carbocycles. The van der Waals surface area contributed by atoms with Gasteiger partial charge >= 0.3 is 12.1 Å². The summed E-state index contributed by atoms with van der Waals surface area (Å²) in [7, 11) is 0. The molecule has 0 amide bonds. The van der Waals surface area contributed by atoms with Gasteiger partial charge in [-0.1, -0.05) is 0 Å². The summed E-state index contributed by atoms with van der Waals surface area (Å²) in [6, 6.07) is 0. The maximum absolute atomic E-state index is 11.7. The van der Waals surface area contributed by atoms with Gasteiger partial charge in [0.05, 0.1) is 0 Å². The Morgan fingerprint density at radius 2 is 1.67 bits per heavy atom. The van der Waals surface area contributed by atoms with Gasteiger partial charge in [0.15, 0.2) is 0 Å². The molecule has 90 valence electrons. The molecule has 5 heteroatoms. The van der Waals surface area contributed by atoms with Crippen LogP contribution in [0.15, 0.2) is 0 Å². The van der Waals surface area contributed by atoms with Crippen LogP contribution in [-0.4, -0.2) is 17.7 Å². The van der Waals surface area contributed by atoms with Crippen LogP contribution in [0.1, 0.15) is 46.5 Å². The number of carbonyl (C=O) groups excluding carboxylic acids is 1. The van der Waals surface area contributed by atoms with Crippen LogP contribution in [0.4, 0.5) is 13.2 Å². The van der Waals surface area contributed by atoms with E-state index in [4.69, 9.17) is 4.74 Å². The molecule has 0 spiro atoms. The molecule has 0 fully saturated rings. The van der Waals surface area contributed by atoms with E-state index in [1.807, 2.05) is 0 Å². The standard InChI is InChI=1S/C10H17F3O2/c1-9(2,3)15-8(14)6-4-5-7-10(11,12)13/h4-7H2,1-3H3. The first kappa shape index (κ1) is 14.3. The molecule has 2 nitrogen and oxygen atoms in total. The van der Waals surface area contributed by atoms with Gasteiger partial charge in [-0.25, -0.2) is 0 Å².